The molecule has 5 rings (SSSR count). The molecule has 0 spiro atoms. The maximum atomic E-state index is 13.6. The fourth-order valence-electron chi connectivity index (χ4n) is 4.28. The van der Waals surface area contributed by atoms with E-state index in [0.29, 0.717) is 5.11 Å². The Bertz CT molecular complexity index is 1270. The molecule has 1 aliphatic rings. The van der Waals surface area contributed by atoms with E-state index in [2.05, 4.69) is 57.9 Å². The third-order valence-corrected chi connectivity index (χ3v) is 6.37. The standard InChI is InChI=1S/C26H23FN4S/c1-17-8-11-21(16-18(17)2)31-25(24(29-26(31)32)22-6-3-4-14-28-22)23-7-5-15-30(23)20-12-9-19(27)10-13-20/h3-16,24-25H,1-2H3,(H,29,32)/t24-,25+/m0/s1. The fourth-order valence-corrected chi connectivity index (χ4v) is 4.63. The number of aryl methyl sites for hydroxylation is 2. The minimum absolute atomic E-state index is 0.139. The van der Waals surface area contributed by atoms with Crippen molar-refractivity contribution in [3.63, 3.8) is 0 Å². The molecule has 2 atom stereocenters. The lowest BCUT2D eigenvalue weighted by molar-refractivity contribution is 0.549. The lowest BCUT2D eigenvalue weighted by Gasteiger charge is -2.29. The molecule has 32 heavy (non-hydrogen) atoms. The zero-order valence-electron chi connectivity index (χ0n) is 17.9. The number of aromatic nitrogens is 2. The van der Waals surface area contributed by atoms with E-state index in [1.807, 2.05) is 30.5 Å². The summed E-state index contributed by atoms with van der Waals surface area (Å²) in [6.07, 6.45) is 3.80. The summed E-state index contributed by atoms with van der Waals surface area (Å²) < 4.78 is 15.7. The molecule has 4 aromatic rings. The molecule has 1 saturated heterocycles. The predicted octanol–water partition coefficient (Wildman–Crippen LogP) is 5.81. The molecule has 0 amide bonds. The van der Waals surface area contributed by atoms with E-state index in [4.69, 9.17) is 12.2 Å². The third-order valence-electron chi connectivity index (χ3n) is 6.05. The maximum Gasteiger partial charge on any atom is 0.174 e. The SMILES string of the molecule is Cc1ccc(N2C(=S)N[C@@H](c3ccccn3)[C@H]2c2cccn2-c2ccc(F)cc2)cc1C. The number of hydrogen-bond donors (Lipinski definition) is 1. The lowest BCUT2D eigenvalue weighted by atomic mass is 10.00. The quantitative estimate of drug-likeness (QED) is 0.405. The maximum absolute atomic E-state index is 13.6. The molecule has 0 saturated carbocycles. The average molecular weight is 443 g/mol. The van der Waals surface area contributed by atoms with Gasteiger partial charge in [0.25, 0.3) is 0 Å². The Morgan fingerprint density at radius 3 is 2.41 bits per heavy atom. The van der Waals surface area contributed by atoms with E-state index in [-0.39, 0.29) is 17.9 Å². The van der Waals surface area contributed by atoms with Gasteiger partial charge in [0.1, 0.15) is 11.9 Å². The van der Waals surface area contributed by atoms with Gasteiger partial charge in [0.2, 0.25) is 0 Å². The number of hydrogen-bond acceptors (Lipinski definition) is 2. The summed E-state index contributed by atoms with van der Waals surface area (Å²) in [5.41, 5.74) is 6.32. The first-order chi connectivity index (χ1) is 15.5. The highest BCUT2D eigenvalue weighted by atomic mass is 32.1. The van der Waals surface area contributed by atoms with Gasteiger partial charge in [-0.25, -0.2) is 4.39 Å². The summed E-state index contributed by atoms with van der Waals surface area (Å²) in [5.74, 6) is -0.255. The molecule has 0 unspecified atom stereocenters. The highest BCUT2D eigenvalue weighted by Gasteiger charge is 2.42. The Morgan fingerprint density at radius 2 is 1.69 bits per heavy atom. The summed E-state index contributed by atoms with van der Waals surface area (Å²) in [6, 6.07) is 22.7. The highest BCUT2D eigenvalue weighted by molar-refractivity contribution is 7.80. The zero-order valence-corrected chi connectivity index (χ0v) is 18.7. The van der Waals surface area contributed by atoms with E-state index < -0.39 is 0 Å². The Labute approximate surface area is 192 Å². The van der Waals surface area contributed by atoms with Crippen molar-refractivity contribution in [1.82, 2.24) is 14.9 Å². The summed E-state index contributed by atoms with van der Waals surface area (Å²) >= 11 is 5.83. The van der Waals surface area contributed by atoms with Crippen LogP contribution in [0.15, 0.2) is 85.2 Å². The predicted molar refractivity (Wildman–Crippen MR) is 130 cm³/mol. The zero-order chi connectivity index (χ0) is 22.2. The van der Waals surface area contributed by atoms with Crippen LogP contribution < -0.4 is 10.2 Å². The molecule has 2 aromatic carbocycles. The summed E-state index contributed by atoms with van der Waals surface area (Å²) in [4.78, 5) is 6.78. The van der Waals surface area contributed by atoms with Crippen molar-refractivity contribution in [3.05, 3.63) is 114 Å². The van der Waals surface area contributed by atoms with E-state index in [1.54, 1.807) is 18.3 Å². The first-order valence-electron chi connectivity index (χ1n) is 10.5. The number of nitrogens with zero attached hydrogens (tertiary/aromatic N) is 3. The highest BCUT2D eigenvalue weighted by Crippen LogP contribution is 2.42. The Hall–Kier alpha value is -3.51. The number of thiocarbonyl (C=S) groups is 1. The molecular formula is C26H23FN4S. The Balaban J connectivity index is 1.67. The molecule has 0 aliphatic carbocycles. The van der Waals surface area contributed by atoms with Crippen molar-refractivity contribution in [2.24, 2.45) is 0 Å². The van der Waals surface area contributed by atoms with Gasteiger partial charge in [-0.3, -0.25) is 4.98 Å². The Kier molecular flexibility index (Phi) is 5.23. The van der Waals surface area contributed by atoms with E-state index in [1.165, 1.54) is 23.3 Å². The van der Waals surface area contributed by atoms with E-state index in [9.17, 15) is 4.39 Å². The molecule has 3 heterocycles. The van der Waals surface area contributed by atoms with Gasteiger partial charge in [0, 0.05) is 29.5 Å². The van der Waals surface area contributed by atoms with Crippen molar-refractivity contribution >= 4 is 23.0 Å². The first-order valence-corrected chi connectivity index (χ1v) is 10.9. The van der Waals surface area contributed by atoms with Gasteiger partial charge in [-0.2, -0.15) is 0 Å². The molecule has 1 aliphatic heterocycles. The van der Waals surface area contributed by atoms with Gasteiger partial charge in [0.15, 0.2) is 5.11 Å². The van der Waals surface area contributed by atoms with Crippen LogP contribution in [0, 0.1) is 19.7 Å². The third kappa shape index (κ3) is 3.56. The molecule has 6 heteroatoms. The monoisotopic (exact) mass is 442 g/mol. The summed E-state index contributed by atoms with van der Waals surface area (Å²) in [7, 11) is 0. The van der Waals surface area contributed by atoms with Gasteiger partial charge in [0.05, 0.1) is 11.7 Å². The van der Waals surface area contributed by atoms with Crippen molar-refractivity contribution in [3.8, 4) is 5.69 Å². The molecule has 0 bridgehead atoms. The molecule has 160 valence electrons. The molecular weight excluding hydrogens is 419 g/mol. The minimum atomic E-state index is -0.255. The van der Waals surface area contributed by atoms with E-state index in [0.717, 1.165) is 22.8 Å². The van der Waals surface area contributed by atoms with Crippen LogP contribution in [0.3, 0.4) is 0 Å². The van der Waals surface area contributed by atoms with Crippen LogP contribution in [0.25, 0.3) is 5.69 Å². The van der Waals surface area contributed by atoms with Gasteiger partial charge in [-0.1, -0.05) is 12.1 Å². The van der Waals surface area contributed by atoms with Crippen LogP contribution in [0.4, 0.5) is 10.1 Å². The summed E-state index contributed by atoms with van der Waals surface area (Å²) in [5, 5.41) is 4.15. The van der Waals surface area contributed by atoms with Gasteiger partial charge in [-0.05, 0) is 97.9 Å². The molecule has 1 fully saturated rings. The summed E-state index contributed by atoms with van der Waals surface area (Å²) in [6.45, 7) is 4.21. The number of benzene rings is 2. The molecule has 1 N–H and O–H groups in total. The number of pyridine rings is 1. The van der Waals surface area contributed by atoms with Crippen molar-refractivity contribution in [2.75, 3.05) is 4.90 Å². The van der Waals surface area contributed by atoms with Crippen LogP contribution in [0.1, 0.15) is 34.6 Å². The molecule has 2 aromatic heterocycles. The second-order valence-electron chi connectivity index (χ2n) is 8.04. The van der Waals surface area contributed by atoms with Crippen molar-refractivity contribution in [1.29, 1.82) is 0 Å². The minimum Gasteiger partial charge on any atom is -0.351 e. The van der Waals surface area contributed by atoms with Crippen LogP contribution >= 0.6 is 12.2 Å². The smallest absolute Gasteiger partial charge is 0.174 e. The normalized spacial score (nSPS) is 18.1. The molecule has 0 radical (unpaired) electrons. The van der Waals surface area contributed by atoms with Crippen LogP contribution in [0.2, 0.25) is 0 Å². The Morgan fingerprint density at radius 1 is 0.906 bits per heavy atom. The van der Waals surface area contributed by atoms with Crippen LogP contribution in [0.5, 0.6) is 0 Å². The van der Waals surface area contributed by atoms with Gasteiger partial charge < -0.3 is 14.8 Å². The van der Waals surface area contributed by atoms with E-state index >= 15 is 0 Å². The van der Waals surface area contributed by atoms with Gasteiger partial charge >= 0.3 is 0 Å². The number of halogens is 1. The average Bonchev–Trinajstić information content (AvgIpc) is 3.41. The second-order valence-corrected chi connectivity index (χ2v) is 8.43. The topological polar surface area (TPSA) is 33.1 Å². The van der Waals surface area contributed by atoms with Crippen molar-refractivity contribution in [2.45, 2.75) is 25.9 Å². The first kappa shape index (κ1) is 20.4. The van der Waals surface area contributed by atoms with Crippen LogP contribution in [-0.4, -0.2) is 14.7 Å². The number of nitrogens with one attached hydrogen (secondary N) is 1. The van der Waals surface area contributed by atoms with Crippen molar-refractivity contribution < 1.29 is 4.39 Å². The second kappa shape index (κ2) is 8.20. The number of rotatable bonds is 4. The van der Waals surface area contributed by atoms with Gasteiger partial charge in [-0.15, -0.1) is 0 Å². The lowest BCUT2D eigenvalue weighted by Crippen LogP contribution is -2.30. The fraction of sp³-hybridized carbons (Fsp3) is 0.154. The molecule has 4 nitrogen and oxygen atoms in total. The largest absolute Gasteiger partial charge is 0.351 e. The number of anilines is 1. The van der Waals surface area contributed by atoms with Crippen LogP contribution in [-0.2, 0) is 0 Å².